The van der Waals surface area contributed by atoms with Crippen LogP contribution >= 0.6 is 11.3 Å². The molecule has 0 radical (unpaired) electrons. The number of ether oxygens (including phenoxy) is 1. The molecule has 3 heterocycles. The molecule has 0 saturated carbocycles. The summed E-state index contributed by atoms with van der Waals surface area (Å²) in [6.45, 7) is 3.71. The van der Waals surface area contributed by atoms with E-state index in [0.29, 0.717) is 12.0 Å². The van der Waals surface area contributed by atoms with Crippen molar-refractivity contribution in [1.29, 1.82) is 0 Å². The monoisotopic (exact) mass is 293 g/mol. The van der Waals surface area contributed by atoms with E-state index in [4.69, 9.17) is 10.6 Å². The SMILES string of the molecule is Cc1cc2c(N(C)C3CCOCC3)nc(NN)nc2s1. The number of nitrogens with one attached hydrogen (secondary N) is 1. The van der Waals surface area contributed by atoms with Gasteiger partial charge in [-0.15, -0.1) is 11.3 Å². The zero-order chi connectivity index (χ0) is 14.1. The second kappa shape index (κ2) is 5.51. The van der Waals surface area contributed by atoms with E-state index >= 15 is 0 Å². The van der Waals surface area contributed by atoms with E-state index in [0.717, 1.165) is 42.1 Å². The molecule has 0 bridgehead atoms. The summed E-state index contributed by atoms with van der Waals surface area (Å²) < 4.78 is 5.43. The summed E-state index contributed by atoms with van der Waals surface area (Å²) in [7, 11) is 2.09. The Kier molecular flexibility index (Phi) is 3.73. The van der Waals surface area contributed by atoms with Crippen LogP contribution in [0, 0.1) is 6.92 Å². The maximum Gasteiger partial charge on any atom is 0.240 e. The standard InChI is InChI=1S/C13H19N5OS/c1-8-7-10-11(15-13(17-14)16-12(10)20-8)18(2)9-3-5-19-6-4-9/h7,9H,3-6,14H2,1-2H3,(H,15,16,17). The van der Waals surface area contributed by atoms with Gasteiger partial charge in [0, 0.05) is 31.2 Å². The van der Waals surface area contributed by atoms with E-state index in [9.17, 15) is 0 Å². The first-order valence-corrected chi connectivity index (χ1v) is 7.56. The predicted molar refractivity (Wildman–Crippen MR) is 82.2 cm³/mol. The van der Waals surface area contributed by atoms with Crippen molar-refractivity contribution in [3.8, 4) is 0 Å². The van der Waals surface area contributed by atoms with Crippen LogP contribution in [0.5, 0.6) is 0 Å². The average molecular weight is 293 g/mol. The van der Waals surface area contributed by atoms with E-state index < -0.39 is 0 Å². The van der Waals surface area contributed by atoms with Crippen molar-refractivity contribution in [1.82, 2.24) is 9.97 Å². The van der Waals surface area contributed by atoms with Crippen molar-refractivity contribution in [3.05, 3.63) is 10.9 Å². The van der Waals surface area contributed by atoms with Crippen LogP contribution < -0.4 is 16.2 Å². The number of aromatic nitrogens is 2. The molecule has 0 aromatic carbocycles. The highest BCUT2D eigenvalue weighted by Crippen LogP contribution is 2.33. The van der Waals surface area contributed by atoms with Crippen molar-refractivity contribution in [2.75, 3.05) is 30.6 Å². The molecule has 0 amide bonds. The Morgan fingerprint density at radius 3 is 2.85 bits per heavy atom. The molecule has 2 aromatic rings. The Balaban J connectivity index is 2.03. The Hall–Kier alpha value is -1.44. The molecule has 0 atom stereocenters. The number of aryl methyl sites for hydroxylation is 1. The molecule has 108 valence electrons. The average Bonchev–Trinajstić information content (AvgIpc) is 2.86. The van der Waals surface area contributed by atoms with Gasteiger partial charge in [-0.05, 0) is 25.8 Å². The number of rotatable bonds is 3. The van der Waals surface area contributed by atoms with Crippen molar-refractivity contribution in [2.24, 2.45) is 5.84 Å². The Morgan fingerprint density at radius 1 is 1.40 bits per heavy atom. The molecule has 1 saturated heterocycles. The third-order valence-electron chi connectivity index (χ3n) is 3.70. The van der Waals surface area contributed by atoms with Gasteiger partial charge in [0.2, 0.25) is 5.95 Å². The molecule has 20 heavy (non-hydrogen) atoms. The van der Waals surface area contributed by atoms with Crippen molar-refractivity contribution < 1.29 is 4.74 Å². The lowest BCUT2D eigenvalue weighted by Gasteiger charge is -2.32. The topological polar surface area (TPSA) is 76.3 Å². The number of fused-ring (bicyclic) bond motifs is 1. The number of hydrazine groups is 1. The fourth-order valence-corrected chi connectivity index (χ4v) is 3.48. The normalized spacial score (nSPS) is 16.6. The van der Waals surface area contributed by atoms with Crippen LogP contribution in [0.15, 0.2) is 6.07 Å². The minimum atomic E-state index is 0.452. The molecule has 0 spiro atoms. The van der Waals surface area contributed by atoms with Gasteiger partial charge in [0.15, 0.2) is 0 Å². The summed E-state index contributed by atoms with van der Waals surface area (Å²) >= 11 is 1.66. The molecule has 0 unspecified atom stereocenters. The summed E-state index contributed by atoms with van der Waals surface area (Å²) in [6, 6.07) is 2.60. The second-order valence-corrected chi connectivity index (χ2v) is 6.28. The fraction of sp³-hybridized carbons (Fsp3) is 0.538. The summed E-state index contributed by atoms with van der Waals surface area (Å²) in [5.74, 6) is 6.90. The van der Waals surface area contributed by atoms with Crippen LogP contribution in [0.25, 0.3) is 10.2 Å². The van der Waals surface area contributed by atoms with Gasteiger partial charge < -0.3 is 9.64 Å². The van der Waals surface area contributed by atoms with E-state index in [1.54, 1.807) is 11.3 Å². The van der Waals surface area contributed by atoms with E-state index in [1.165, 1.54) is 4.88 Å². The van der Waals surface area contributed by atoms with Crippen LogP contribution in [-0.2, 0) is 4.74 Å². The van der Waals surface area contributed by atoms with Crippen LogP contribution in [0.4, 0.5) is 11.8 Å². The molecule has 2 aromatic heterocycles. The number of nitrogens with two attached hydrogens (primary N) is 1. The predicted octanol–water partition coefficient (Wildman–Crippen LogP) is 1.90. The van der Waals surface area contributed by atoms with Crippen molar-refractivity contribution in [3.63, 3.8) is 0 Å². The van der Waals surface area contributed by atoms with Gasteiger partial charge in [-0.2, -0.15) is 4.98 Å². The number of thiophene rings is 1. The quantitative estimate of drug-likeness (QED) is 0.665. The third-order valence-corrected chi connectivity index (χ3v) is 4.64. The van der Waals surface area contributed by atoms with Crippen molar-refractivity contribution in [2.45, 2.75) is 25.8 Å². The Bertz CT molecular complexity index is 608. The fourth-order valence-electron chi connectivity index (χ4n) is 2.61. The first-order chi connectivity index (χ1) is 9.69. The highest BCUT2D eigenvalue weighted by Gasteiger charge is 2.22. The van der Waals surface area contributed by atoms with Crippen LogP contribution in [-0.4, -0.2) is 36.3 Å². The number of nitrogen functional groups attached to an aromatic ring is 1. The zero-order valence-corrected chi connectivity index (χ0v) is 12.5. The van der Waals surface area contributed by atoms with Gasteiger partial charge >= 0.3 is 0 Å². The summed E-state index contributed by atoms with van der Waals surface area (Å²) in [4.78, 5) is 13.4. The molecule has 1 fully saturated rings. The molecular weight excluding hydrogens is 274 g/mol. The lowest BCUT2D eigenvalue weighted by molar-refractivity contribution is 0.0854. The zero-order valence-electron chi connectivity index (χ0n) is 11.7. The van der Waals surface area contributed by atoms with Gasteiger partial charge in [0.1, 0.15) is 10.6 Å². The second-order valence-electron chi connectivity index (χ2n) is 5.05. The van der Waals surface area contributed by atoms with Gasteiger partial charge in [-0.25, -0.2) is 10.8 Å². The first kappa shape index (κ1) is 13.5. The van der Waals surface area contributed by atoms with Crippen LogP contribution in [0.3, 0.4) is 0 Å². The van der Waals surface area contributed by atoms with Gasteiger partial charge in [0.25, 0.3) is 0 Å². The minimum absolute atomic E-state index is 0.452. The highest BCUT2D eigenvalue weighted by molar-refractivity contribution is 7.18. The summed E-state index contributed by atoms with van der Waals surface area (Å²) in [5, 5.41) is 1.10. The Morgan fingerprint density at radius 2 is 2.15 bits per heavy atom. The molecule has 1 aliphatic heterocycles. The summed E-state index contributed by atoms with van der Waals surface area (Å²) in [6.07, 6.45) is 2.05. The lowest BCUT2D eigenvalue weighted by Crippen LogP contribution is -2.37. The molecule has 3 N–H and O–H groups in total. The number of nitrogens with zero attached hydrogens (tertiary/aromatic N) is 3. The Labute approximate surface area is 121 Å². The van der Waals surface area contributed by atoms with Gasteiger partial charge in [-0.1, -0.05) is 0 Å². The van der Waals surface area contributed by atoms with Gasteiger partial charge in [0.05, 0.1) is 5.39 Å². The molecule has 0 aliphatic carbocycles. The molecule has 3 rings (SSSR count). The maximum absolute atomic E-state index is 5.49. The van der Waals surface area contributed by atoms with E-state index in [1.807, 2.05) is 0 Å². The van der Waals surface area contributed by atoms with Crippen molar-refractivity contribution >= 4 is 33.3 Å². The maximum atomic E-state index is 5.49. The number of hydrogen-bond donors (Lipinski definition) is 2. The summed E-state index contributed by atoms with van der Waals surface area (Å²) in [5.41, 5.74) is 2.56. The molecule has 6 nitrogen and oxygen atoms in total. The minimum Gasteiger partial charge on any atom is -0.381 e. The van der Waals surface area contributed by atoms with E-state index in [-0.39, 0.29) is 0 Å². The lowest BCUT2D eigenvalue weighted by atomic mass is 10.1. The smallest absolute Gasteiger partial charge is 0.240 e. The number of hydrogen-bond acceptors (Lipinski definition) is 7. The molecule has 7 heteroatoms. The molecule has 1 aliphatic rings. The third kappa shape index (κ3) is 2.44. The van der Waals surface area contributed by atoms with Crippen LogP contribution in [0.2, 0.25) is 0 Å². The van der Waals surface area contributed by atoms with Crippen LogP contribution in [0.1, 0.15) is 17.7 Å². The van der Waals surface area contributed by atoms with E-state index in [2.05, 4.69) is 40.3 Å². The first-order valence-electron chi connectivity index (χ1n) is 6.74. The number of anilines is 2. The largest absolute Gasteiger partial charge is 0.381 e. The van der Waals surface area contributed by atoms with Gasteiger partial charge in [-0.3, -0.25) is 5.43 Å². The molecular formula is C13H19N5OS. The highest BCUT2D eigenvalue weighted by atomic mass is 32.1.